The molecular weight excluding hydrogens is 463 g/mol. The second-order valence-electron chi connectivity index (χ2n) is 7.47. The molecule has 1 heterocycles. The number of methoxy groups -OCH3 is 2. The quantitative estimate of drug-likeness (QED) is 0.310. The second kappa shape index (κ2) is 10.1. The van der Waals surface area contributed by atoms with Gasteiger partial charge in [0.15, 0.2) is 17.1 Å². The van der Waals surface area contributed by atoms with Gasteiger partial charge >= 0.3 is 0 Å². The predicted molar refractivity (Wildman–Crippen MR) is 128 cm³/mol. The lowest BCUT2D eigenvalue weighted by atomic mass is 10.1. The molecule has 1 aromatic heterocycles. The molecule has 4 aromatic rings. The number of rotatable bonds is 8. The molecule has 170 valence electrons. The number of hydrogen-bond donors (Lipinski definition) is 0. The molecule has 3 aromatic carbocycles. The highest BCUT2D eigenvalue weighted by Crippen LogP contribution is 2.28. The van der Waals surface area contributed by atoms with Crippen LogP contribution in [0.2, 0.25) is 10.0 Å². The number of benzene rings is 3. The third kappa shape index (κ3) is 5.59. The fraction of sp³-hybridized carbons (Fsp3) is 0.200. The summed E-state index contributed by atoms with van der Waals surface area (Å²) in [6.45, 7) is 0.553. The molecule has 0 aliphatic rings. The third-order valence-corrected chi connectivity index (χ3v) is 5.61. The van der Waals surface area contributed by atoms with Gasteiger partial charge in [-0.15, -0.1) is 0 Å². The molecule has 0 aliphatic carbocycles. The molecule has 0 fully saturated rings. The fourth-order valence-electron chi connectivity index (χ4n) is 3.54. The largest absolute Gasteiger partial charge is 0.493 e. The zero-order valence-corrected chi connectivity index (χ0v) is 19.7. The first kappa shape index (κ1) is 23.0. The molecule has 0 N–H and O–H groups in total. The lowest BCUT2D eigenvalue weighted by Crippen LogP contribution is -2.31. The van der Waals surface area contributed by atoms with Crippen molar-refractivity contribution in [3.8, 4) is 11.5 Å². The number of ether oxygens (including phenoxy) is 2. The minimum Gasteiger partial charge on any atom is -0.493 e. The maximum Gasteiger partial charge on any atom is 0.227 e. The Balaban J connectivity index is 1.60. The summed E-state index contributed by atoms with van der Waals surface area (Å²) < 4.78 is 16.5. The van der Waals surface area contributed by atoms with Crippen LogP contribution in [0.15, 0.2) is 65.1 Å². The summed E-state index contributed by atoms with van der Waals surface area (Å²) in [5.74, 6) is 1.51. The van der Waals surface area contributed by atoms with Crippen LogP contribution in [0.3, 0.4) is 0 Å². The fourth-order valence-corrected chi connectivity index (χ4v) is 3.92. The van der Waals surface area contributed by atoms with Crippen LogP contribution >= 0.6 is 23.2 Å². The summed E-state index contributed by atoms with van der Waals surface area (Å²) in [5, 5.41) is 1.18. The van der Waals surface area contributed by atoms with E-state index in [4.69, 9.17) is 37.1 Å². The highest BCUT2D eigenvalue weighted by Gasteiger charge is 2.19. The minimum atomic E-state index is -0.0949. The van der Waals surface area contributed by atoms with Gasteiger partial charge in [0.05, 0.1) is 27.2 Å². The van der Waals surface area contributed by atoms with Crippen LogP contribution in [0, 0.1) is 0 Å². The number of carbonyl (C=O) groups is 1. The molecule has 33 heavy (non-hydrogen) atoms. The summed E-state index contributed by atoms with van der Waals surface area (Å²) in [4.78, 5) is 19.6. The Labute approximate surface area is 201 Å². The van der Waals surface area contributed by atoms with E-state index in [2.05, 4.69) is 4.98 Å². The SMILES string of the molecule is COc1ccc(CC(=O)N(Cc2cccc(Cl)c2)Cc2nc3cc(Cl)ccc3o2)cc1OC. The Morgan fingerprint density at radius 2 is 1.70 bits per heavy atom. The Bertz CT molecular complexity index is 1290. The molecule has 6 nitrogen and oxygen atoms in total. The lowest BCUT2D eigenvalue weighted by molar-refractivity contribution is -0.132. The van der Waals surface area contributed by atoms with E-state index in [-0.39, 0.29) is 18.9 Å². The normalized spacial score (nSPS) is 10.9. The topological polar surface area (TPSA) is 64.8 Å². The van der Waals surface area contributed by atoms with E-state index in [0.29, 0.717) is 45.1 Å². The first-order valence-corrected chi connectivity index (χ1v) is 11.0. The summed E-state index contributed by atoms with van der Waals surface area (Å²) >= 11 is 12.2. The molecule has 0 spiro atoms. The monoisotopic (exact) mass is 484 g/mol. The van der Waals surface area contributed by atoms with Crippen molar-refractivity contribution >= 4 is 40.2 Å². The number of nitrogens with zero attached hydrogens (tertiary/aromatic N) is 2. The first-order chi connectivity index (χ1) is 15.9. The average Bonchev–Trinajstić information content (AvgIpc) is 3.20. The van der Waals surface area contributed by atoms with E-state index < -0.39 is 0 Å². The van der Waals surface area contributed by atoms with Crippen LogP contribution in [0.5, 0.6) is 11.5 Å². The molecule has 0 unspecified atom stereocenters. The van der Waals surface area contributed by atoms with Crippen LogP contribution in [-0.2, 0) is 24.3 Å². The Kier molecular flexibility index (Phi) is 7.06. The van der Waals surface area contributed by atoms with Gasteiger partial charge in [-0.05, 0) is 53.6 Å². The van der Waals surface area contributed by atoms with Gasteiger partial charge in [-0.1, -0.05) is 41.4 Å². The molecular formula is C25H22Cl2N2O4. The van der Waals surface area contributed by atoms with E-state index >= 15 is 0 Å². The van der Waals surface area contributed by atoms with Crippen molar-refractivity contribution in [3.63, 3.8) is 0 Å². The summed E-state index contributed by atoms with van der Waals surface area (Å²) in [6, 6.07) is 18.1. The number of aromatic nitrogens is 1. The Hall–Kier alpha value is -3.22. The van der Waals surface area contributed by atoms with Crippen LogP contribution in [0.25, 0.3) is 11.1 Å². The number of hydrogen-bond acceptors (Lipinski definition) is 5. The van der Waals surface area contributed by atoms with Crippen molar-refractivity contribution in [2.45, 2.75) is 19.5 Å². The summed E-state index contributed by atoms with van der Waals surface area (Å²) in [5.41, 5.74) is 2.97. The van der Waals surface area contributed by atoms with Gasteiger partial charge in [0, 0.05) is 16.6 Å². The van der Waals surface area contributed by atoms with E-state index in [1.807, 2.05) is 24.3 Å². The van der Waals surface area contributed by atoms with Crippen molar-refractivity contribution in [1.82, 2.24) is 9.88 Å². The van der Waals surface area contributed by atoms with E-state index in [9.17, 15) is 4.79 Å². The molecule has 0 aliphatic heterocycles. The van der Waals surface area contributed by atoms with Crippen molar-refractivity contribution < 1.29 is 18.7 Å². The van der Waals surface area contributed by atoms with Gasteiger partial charge in [-0.25, -0.2) is 4.98 Å². The van der Waals surface area contributed by atoms with E-state index in [1.165, 1.54) is 0 Å². The zero-order valence-electron chi connectivity index (χ0n) is 18.2. The van der Waals surface area contributed by atoms with Crippen LogP contribution < -0.4 is 9.47 Å². The van der Waals surface area contributed by atoms with Crippen molar-refractivity contribution in [2.75, 3.05) is 14.2 Å². The minimum absolute atomic E-state index is 0.0949. The molecule has 0 radical (unpaired) electrons. The standard InChI is InChI=1S/C25H22Cl2N2O4/c1-31-22-8-6-16(11-23(22)32-2)12-25(30)29(14-17-4-3-5-18(26)10-17)15-24-28-20-13-19(27)7-9-21(20)33-24/h3-11,13H,12,14-15H2,1-2H3. The van der Waals surface area contributed by atoms with Crippen molar-refractivity contribution in [2.24, 2.45) is 0 Å². The van der Waals surface area contributed by atoms with Gasteiger partial charge < -0.3 is 18.8 Å². The molecule has 0 saturated carbocycles. The number of halogens is 2. The van der Waals surface area contributed by atoms with Crippen molar-refractivity contribution in [3.05, 3.63) is 87.7 Å². The predicted octanol–water partition coefficient (Wildman–Crippen LogP) is 5.92. The highest BCUT2D eigenvalue weighted by molar-refractivity contribution is 6.31. The number of oxazole rings is 1. The van der Waals surface area contributed by atoms with Gasteiger partial charge in [-0.3, -0.25) is 4.79 Å². The highest BCUT2D eigenvalue weighted by atomic mass is 35.5. The molecule has 0 saturated heterocycles. The summed E-state index contributed by atoms with van der Waals surface area (Å²) in [6.07, 6.45) is 0.174. The number of carbonyl (C=O) groups excluding carboxylic acids is 1. The van der Waals surface area contributed by atoms with Crippen LogP contribution in [-0.4, -0.2) is 30.0 Å². The lowest BCUT2D eigenvalue weighted by Gasteiger charge is -2.22. The maximum absolute atomic E-state index is 13.4. The molecule has 0 bridgehead atoms. The zero-order chi connectivity index (χ0) is 23.4. The molecule has 1 amide bonds. The average molecular weight is 485 g/mol. The van der Waals surface area contributed by atoms with E-state index in [1.54, 1.807) is 55.5 Å². The van der Waals surface area contributed by atoms with Gasteiger partial charge in [-0.2, -0.15) is 0 Å². The van der Waals surface area contributed by atoms with Gasteiger partial charge in [0.25, 0.3) is 0 Å². The summed E-state index contributed by atoms with van der Waals surface area (Å²) in [7, 11) is 3.14. The van der Waals surface area contributed by atoms with Crippen molar-refractivity contribution in [1.29, 1.82) is 0 Å². The van der Waals surface area contributed by atoms with Crippen LogP contribution in [0.4, 0.5) is 0 Å². The second-order valence-corrected chi connectivity index (χ2v) is 8.34. The third-order valence-electron chi connectivity index (χ3n) is 5.14. The van der Waals surface area contributed by atoms with Gasteiger partial charge in [0.1, 0.15) is 5.52 Å². The maximum atomic E-state index is 13.4. The van der Waals surface area contributed by atoms with Gasteiger partial charge in [0.2, 0.25) is 11.8 Å². The number of amides is 1. The Morgan fingerprint density at radius 1 is 0.909 bits per heavy atom. The van der Waals surface area contributed by atoms with Crippen LogP contribution in [0.1, 0.15) is 17.0 Å². The molecule has 4 rings (SSSR count). The Morgan fingerprint density at radius 3 is 2.45 bits per heavy atom. The van der Waals surface area contributed by atoms with E-state index in [0.717, 1.165) is 11.1 Å². The first-order valence-electron chi connectivity index (χ1n) is 10.2. The number of fused-ring (bicyclic) bond motifs is 1. The molecule has 0 atom stereocenters. The smallest absolute Gasteiger partial charge is 0.227 e. The molecule has 8 heteroatoms.